The maximum absolute atomic E-state index is 12.3. The SMILES string of the molecule is Cc1cnc(C(=O)c2cnc(C(F)(F)F)s2)cn1. The van der Waals surface area contributed by atoms with E-state index in [-0.39, 0.29) is 10.6 Å². The van der Waals surface area contributed by atoms with Gasteiger partial charge >= 0.3 is 6.18 Å². The van der Waals surface area contributed by atoms with Crippen LogP contribution in [0.1, 0.15) is 26.1 Å². The molecule has 18 heavy (non-hydrogen) atoms. The molecular formula is C10H6F3N3OS. The molecule has 0 aliphatic rings. The van der Waals surface area contributed by atoms with Gasteiger partial charge in [-0.3, -0.25) is 9.78 Å². The fraction of sp³-hybridized carbons (Fsp3) is 0.200. The van der Waals surface area contributed by atoms with Gasteiger partial charge in [0.15, 0.2) is 5.01 Å². The van der Waals surface area contributed by atoms with Crippen LogP contribution in [0.5, 0.6) is 0 Å². The first-order valence-electron chi connectivity index (χ1n) is 4.74. The molecule has 0 radical (unpaired) electrons. The number of carbonyl (C=O) groups excluding carboxylic acids is 1. The smallest absolute Gasteiger partial charge is 0.286 e. The number of aromatic nitrogens is 3. The van der Waals surface area contributed by atoms with E-state index < -0.39 is 17.0 Å². The minimum absolute atomic E-state index is 0.00188. The molecule has 0 aliphatic heterocycles. The average molecular weight is 273 g/mol. The quantitative estimate of drug-likeness (QED) is 0.789. The van der Waals surface area contributed by atoms with E-state index in [1.165, 1.54) is 12.4 Å². The summed E-state index contributed by atoms with van der Waals surface area (Å²) in [6, 6.07) is 0. The van der Waals surface area contributed by atoms with Crippen LogP contribution in [-0.4, -0.2) is 20.7 Å². The highest BCUT2D eigenvalue weighted by molar-refractivity contribution is 7.13. The predicted molar refractivity (Wildman–Crippen MR) is 57.3 cm³/mol. The van der Waals surface area contributed by atoms with E-state index in [1.54, 1.807) is 6.92 Å². The van der Waals surface area contributed by atoms with Gasteiger partial charge < -0.3 is 0 Å². The molecule has 4 nitrogen and oxygen atoms in total. The van der Waals surface area contributed by atoms with Crippen LogP contribution in [0.15, 0.2) is 18.6 Å². The molecule has 0 amide bonds. The van der Waals surface area contributed by atoms with Crippen LogP contribution in [0.4, 0.5) is 13.2 Å². The second kappa shape index (κ2) is 4.45. The molecule has 8 heteroatoms. The molecule has 2 aromatic rings. The van der Waals surface area contributed by atoms with Crippen LogP contribution in [0.3, 0.4) is 0 Å². The minimum Gasteiger partial charge on any atom is -0.286 e. The molecule has 0 aliphatic carbocycles. The van der Waals surface area contributed by atoms with E-state index in [9.17, 15) is 18.0 Å². The van der Waals surface area contributed by atoms with Crippen molar-refractivity contribution in [2.45, 2.75) is 13.1 Å². The third-order valence-corrected chi connectivity index (χ3v) is 3.03. The summed E-state index contributed by atoms with van der Waals surface area (Å²) < 4.78 is 37.0. The van der Waals surface area contributed by atoms with Gasteiger partial charge in [0.2, 0.25) is 5.78 Å². The van der Waals surface area contributed by atoms with Gasteiger partial charge in [-0.1, -0.05) is 0 Å². The molecule has 0 unspecified atom stereocenters. The van der Waals surface area contributed by atoms with Crippen molar-refractivity contribution in [2.24, 2.45) is 0 Å². The lowest BCUT2D eigenvalue weighted by molar-refractivity contribution is -0.137. The van der Waals surface area contributed by atoms with Crippen molar-refractivity contribution >= 4 is 17.1 Å². The van der Waals surface area contributed by atoms with Gasteiger partial charge in [-0.2, -0.15) is 13.2 Å². The first kappa shape index (κ1) is 12.6. The largest absolute Gasteiger partial charge is 0.443 e. The van der Waals surface area contributed by atoms with Crippen molar-refractivity contribution in [3.05, 3.63) is 39.9 Å². The van der Waals surface area contributed by atoms with Crippen LogP contribution >= 0.6 is 11.3 Å². The monoisotopic (exact) mass is 273 g/mol. The van der Waals surface area contributed by atoms with Gasteiger partial charge in [0.25, 0.3) is 0 Å². The fourth-order valence-electron chi connectivity index (χ4n) is 1.15. The Balaban J connectivity index is 2.29. The number of carbonyl (C=O) groups is 1. The van der Waals surface area contributed by atoms with E-state index >= 15 is 0 Å². The van der Waals surface area contributed by atoms with Gasteiger partial charge in [-0.05, 0) is 6.92 Å². The van der Waals surface area contributed by atoms with E-state index in [2.05, 4.69) is 15.0 Å². The molecule has 0 fully saturated rings. The predicted octanol–water partition coefficient (Wildman–Crippen LogP) is 2.49. The summed E-state index contributed by atoms with van der Waals surface area (Å²) in [4.78, 5) is 22.5. The standard InChI is InChI=1S/C10H6F3N3OS/c1-5-2-15-6(3-14-5)8(17)7-4-16-9(18-7)10(11,12)13/h2-4H,1H3. The summed E-state index contributed by atoms with van der Waals surface area (Å²) in [7, 11) is 0. The van der Waals surface area contributed by atoms with Crippen LogP contribution in [0.2, 0.25) is 0 Å². The highest BCUT2D eigenvalue weighted by Gasteiger charge is 2.35. The Labute approximate surface area is 104 Å². The van der Waals surface area contributed by atoms with E-state index in [1.807, 2.05) is 0 Å². The van der Waals surface area contributed by atoms with Crippen molar-refractivity contribution < 1.29 is 18.0 Å². The zero-order valence-corrected chi connectivity index (χ0v) is 9.84. The lowest BCUT2D eigenvalue weighted by Gasteiger charge is -1.99. The topological polar surface area (TPSA) is 55.7 Å². The molecule has 0 saturated heterocycles. The molecule has 0 bridgehead atoms. The number of thiazole rings is 1. The summed E-state index contributed by atoms with van der Waals surface area (Å²) in [5.74, 6) is -0.615. The Kier molecular flexibility index (Phi) is 3.12. The van der Waals surface area contributed by atoms with Gasteiger partial charge in [0.05, 0.1) is 16.8 Å². The molecule has 0 aromatic carbocycles. The van der Waals surface area contributed by atoms with E-state index in [4.69, 9.17) is 0 Å². The molecular weight excluding hydrogens is 267 g/mol. The van der Waals surface area contributed by atoms with Gasteiger partial charge in [-0.15, -0.1) is 11.3 Å². The highest BCUT2D eigenvalue weighted by atomic mass is 32.1. The summed E-state index contributed by atoms with van der Waals surface area (Å²) >= 11 is 0.294. The molecule has 0 spiro atoms. The second-order valence-corrected chi connectivity index (χ2v) is 4.43. The lowest BCUT2D eigenvalue weighted by atomic mass is 10.2. The van der Waals surface area contributed by atoms with Crippen LogP contribution in [-0.2, 0) is 6.18 Å². The summed E-state index contributed by atoms with van der Waals surface area (Å²) in [5.41, 5.74) is 0.616. The third-order valence-electron chi connectivity index (χ3n) is 1.99. The Morgan fingerprint density at radius 3 is 2.39 bits per heavy atom. The maximum atomic E-state index is 12.3. The average Bonchev–Trinajstić information content (AvgIpc) is 2.78. The first-order chi connectivity index (χ1) is 8.38. The van der Waals surface area contributed by atoms with Crippen molar-refractivity contribution in [3.63, 3.8) is 0 Å². The highest BCUT2D eigenvalue weighted by Crippen LogP contribution is 2.32. The van der Waals surface area contributed by atoms with Crippen molar-refractivity contribution in [1.29, 1.82) is 0 Å². The molecule has 2 heterocycles. The number of nitrogens with zero attached hydrogens (tertiary/aromatic N) is 3. The van der Waals surface area contributed by atoms with Crippen LogP contribution < -0.4 is 0 Å². The first-order valence-corrected chi connectivity index (χ1v) is 5.56. The van der Waals surface area contributed by atoms with Crippen molar-refractivity contribution in [2.75, 3.05) is 0 Å². The van der Waals surface area contributed by atoms with Gasteiger partial charge in [0, 0.05) is 12.4 Å². The number of alkyl halides is 3. The Bertz CT molecular complexity index is 577. The van der Waals surface area contributed by atoms with E-state index in [0.717, 1.165) is 6.20 Å². The number of hydrogen-bond acceptors (Lipinski definition) is 5. The number of rotatable bonds is 2. The van der Waals surface area contributed by atoms with Crippen molar-refractivity contribution in [1.82, 2.24) is 15.0 Å². The summed E-state index contributed by atoms with van der Waals surface area (Å²) in [6.45, 7) is 1.69. The molecule has 2 aromatic heterocycles. The fourth-order valence-corrected chi connectivity index (χ4v) is 1.88. The molecule has 2 rings (SSSR count). The van der Waals surface area contributed by atoms with Gasteiger partial charge in [0.1, 0.15) is 5.69 Å². The summed E-state index contributed by atoms with van der Waals surface area (Å²) in [6.07, 6.45) is -1.04. The Morgan fingerprint density at radius 2 is 1.89 bits per heavy atom. The lowest BCUT2D eigenvalue weighted by Crippen LogP contribution is -2.04. The molecule has 0 atom stereocenters. The number of aryl methyl sites for hydroxylation is 1. The molecule has 0 saturated carbocycles. The van der Waals surface area contributed by atoms with Crippen LogP contribution in [0, 0.1) is 6.92 Å². The molecule has 94 valence electrons. The van der Waals surface area contributed by atoms with Gasteiger partial charge in [-0.25, -0.2) is 9.97 Å². The number of halogens is 3. The van der Waals surface area contributed by atoms with Crippen molar-refractivity contribution in [3.8, 4) is 0 Å². The van der Waals surface area contributed by atoms with E-state index in [0.29, 0.717) is 17.0 Å². The Morgan fingerprint density at radius 1 is 1.17 bits per heavy atom. The second-order valence-electron chi connectivity index (χ2n) is 3.40. The molecule has 0 N–H and O–H groups in total. The minimum atomic E-state index is -4.54. The zero-order valence-electron chi connectivity index (χ0n) is 9.02. The Hall–Kier alpha value is -1.83. The number of ketones is 1. The summed E-state index contributed by atoms with van der Waals surface area (Å²) in [5, 5.41) is -1.05. The zero-order chi connectivity index (χ0) is 13.3. The third kappa shape index (κ3) is 2.53. The maximum Gasteiger partial charge on any atom is 0.443 e. The van der Waals surface area contributed by atoms with Crippen LogP contribution in [0.25, 0.3) is 0 Å². The normalized spacial score (nSPS) is 11.6. The number of hydrogen-bond donors (Lipinski definition) is 0.